The van der Waals surface area contributed by atoms with Crippen LogP contribution in [-0.4, -0.2) is 18.2 Å². The molecule has 2 rings (SSSR count). The zero-order valence-electron chi connectivity index (χ0n) is 12.2. The number of aryl methyl sites for hydroxylation is 3. The number of nitrogens with zero attached hydrogens (tertiary/aromatic N) is 2. The van der Waals surface area contributed by atoms with Crippen LogP contribution in [0.4, 0.5) is 5.69 Å². The normalized spacial score (nSPS) is 11.8. The molecule has 1 aromatic heterocycles. The second-order valence-corrected chi connectivity index (χ2v) is 7.32. The van der Waals surface area contributed by atoms with Gasteiger partial charge in [0.25, 0.3) is 0 Å². The first-order chi connectivity index (χ1) is 9.76. The molecule has 0 aliphatic carbocycles. The van der Waals surface area contributed by atoms with Gasteiger partial charge in [-0.05, 0) is 31.0 Å². The molecule has 0 unspecified atom stereocenters. The van der Waals surface area contributed by atoms with Gasteiger partial charge in [-0.25, -0.2) is 8.42 Å². The molecule has 1 heterocycles. The molecule has 0 bridgehead atoms. The highest BCUT2D eigenvalue weighted by atomic mass is 35.5. The van der Waals surface area contributed by atoms with E-state index in [9.17, 15) is 8.42 Å². The van der Waals surface area contributed by atoms with E-state index in [1.165, 1.54) is 10.7 Å². The molecule has 0 saturated heterocycles. The molecule has 5 nitrogen and oxygen atoms in total. The Balaban J connectivity index is 2.45. The van der Waals surface area contributed by atoms with Gasteiger partial charge in [0, 0.05) is 7.05 Å². The number of sulfone groups is 1. The van der Waals surface area contributed by atoms with Gasteiger partial charge >= 0.3 is 0 Å². The highest BCUT2D eigenvalue weighted by molar-refractivity contribution is 7.90. The lowest BCUT2D eigenvalue weighted by Gasteiger charge is -2.09. The van der Waals surface area contributed by atoms with Crippen LogP contribution in [0.15, 0.2) is 23.1 Å². The van der Waals surface area contributed by atoms with Gasteiger partial charge < -0.3 is 5.73 Å². The van der Waals surface area contributed by atoms with Crippen LogP contribution in [0.5, 0.6) is 0 Å². The Kier molecular flexibility index (Phi) is 4.30. The summed E-state index contributed by atoms with van der Waals surface area (Å²) in [6, 6.07) is 4.91. The van der Waals surface area contributed by atoms with E-state index < -0.39 is 9.84 Å². The first-order valence-corrected chi connectivity index (χ1v) is 8.58. The van der Waals surface area contributed by atoms with Crippen LogP contribution >= 0.6 is 11.6 Å². The topological polar surface area (TPSA) is 78.0 Å². The maximum Gasteiger partial charge on any atom is 0.186 e. The Labute approximate surface area is 129 Å². The first kappa shape index (κ1) is 15.9. The minimum absolute atomic E-state index is 0.128. The number of halogens is 1. The molecular formula is C14H18ClN3O2S. The third-order valence-corrected chi connectivity index (χ3v) is 5.46. The van der Waals surface area contributed by atoms with E-state index in [0.717, 1.165) is 5.56 Å². The van der Waals surface area contributed by atoms with Crippen LogP contribution in [0, 0.1) is 6.92 Å². The molecule has 1 aromatic carbocycles. The number of aromatic nitrogens is 2. The van der Waals surface area contributed by atoms with Gasteiger partial charge in [0.05, 0.1) is 32.7 Å². The van der Waals surface area contributed by atoms with Crippen molar-refractivity contribution in [2.24, 2.45) is 7.05 Å². The lowest BCUT2D eigenvalue weighted by atomic mass is 10.2. The second kappa shape index (κ2) is 5.69. The standard InChI is InChI=1S/C14H18ClN3O2S/c1-4-11-14(15)12(18(3)17-11)8-21(19,20)13-6-5-9(2)7-10(13)16/h5-7H,4,8,16H2,1-3H3. The summed E-state index contributed by atoms with van der Waals surface area (Å²) < 4.78 is 26.6. The third kappa shape index (κ3) is 3.06. The molecule has 0 spiro atoms. The van der Waals surface area contributed by atoms with Crippen molar-refractivity contribution in [1.82, 2.24) is 9.78 Å². The van der Waals surface area contributed by atoms with E-state index in [4.69, 9.17) is 17.3 Å². The maximum atomic E-state index is 12.6. The Hall–Kier alpha value is -1.53. The highest BCUT2D eigenvalue weighted by Gasteiger charge is 2.23. The number of rotatable bonds is 4. The Morgan fingerprint density at radius 3 is 2.57 bits per heavy atom. The summed E-state index contributed by atoms with van der Waals surface area (Å²) >= 11 is 6.21. The van der Waals surface area contributed by atoms with Crippen molar-refractivity contribution in [3.63, 3.8) is 0 Å². The first-order valence-electron chi connectivity index (χ1n) is 6.55. The van der Waals surface area contributed by atoms with E-state index >= 15 is 0 Å². The van der Waals surface area contributed by atoms with Crippen molar-refractivity contribution in [1.29, 1.82) is 0 Å². The zero-order valence-corrected chi connectivity index (χ0v) is 13.8. The zero-order chi connectivity index (χ0) is 15.8. The van der Waals surface area contributed by atoms with E-state index in [0.29, 0.717) is 22.8 Å². The molecular weight excluding hydrogens is 310 g/mol. The lowest BCUT2D eigenvalue weighted by Crippen LogP contribution is -2.11. The highest BCUT2D eigenvalue weighted by Crippen LogP contribution is 2.28. The van der Waals surface area contributed by atoms with Crippen LogP contribution in [0.2, 0.25) is 5.02 Å². The largest absolute Gasteiger partial charge is 0.398 e. The number of anilines is 1. The van der Waals surface area contributed by atoms with Crippen LogP contribution in [0.3, 0.4) is 0 Å². The van der Waals surface area contributed by atoms with Crippen molar-refractivity contribution in [3.05, 3.63) is 40.2 Å². The van der Waals surface area contributed by atoms with Gasteiger partial charge in [0.15, 0.2) is 9.84 Å². The Morgan fingerprint density at radius 2 is 2.05 bits per heavy atom. The SMILES string of the molecule is CCc1nn(C)c(CS(=O)(=O)c2ccc(C)cc2N)c1Cl. The molecule has 114 valence electrons. The molecule has 0 aliphatic heterocycles. The number of benzene rings is 1. The minimum Gasteiger partial charge on any atom is -0.398 e. The summed E-state index contributed by atoms with van der Waals surface area (Å²) in [5.41, 5.74) is 8.18. The molecule has 2 aromatic rings. The average molecular weight is 328 g/mol. The third-order valence-electron chi connectivity index (χ3n) is 3.33. The second-order valence-electron chi connectivity index (χ2n) is 4.98. The number of hydrogen-bond acceptors (Lipinski definition) is 4. The van der Waals surface area contributed by atoms with Crippen LogP contribution < -0.4 is 5.73 Å². The molecule has 0 saturated carbocycles. The molecule has 7 heteroatoms. The molecule has 0 aliphatic rings. The van der Waals surface area contributed by atoms with Gasteiger partial charge in [-0.15, -0.1) is 0 Å². The van der Waals surface area contributed by atoms with E-state index in [1.807, 2.05) is 13.8 Å². The Bertz CT molecular complexity index is 782. The van der Waals surface area contributed by atoms with E-state index in [1.54, 1.807) is 19.2 Å². The minimum atomic E-state index is -3.57. The van der Waals surface area contributed by atoms with Gasteiger partial charge in [-0.1, -0.05) is 24.6 Å². The average Bonchev–Trinajstić information content (AvgIpc) is 2.65. The molecule has 0 radical (unpaired) electrons. The van der Waals surface area contributed by atoms with Crippen LogP contribution in [-0.2, 0) is 29.1 Å². The van der Waals surface area contributed by atoms with Gasteiger partial charge in [0.2, 0.25) is 0 Å². The summed E-state index contributed by atoms with van der Waals surface area (Å²) in [4.78, 5) is 0.128. The van der Waals surface area contributed by atoms with Crippen molar-refractivity contribution in [2.75, 3.05) is 5.73 Å². The number of nitrogens with two attached hydrogens (primary N) is 1. The molecule has 0 fully saturated rings. The molecule has 0 amide bonds. The monoisotopic (exact) mass is 327 g/mol. The Morgan fingerprint density at radius 1 is 1.38 bits per heavy atom. The van der Waals surface area contributed by atoms with Crippen LogP contribution in [0.1, 0.15) is 23.9 Å². The predicted octanol–water partition coefficient (Wildman–Crippen LogP) is 2.50. The van der Waals surface area contributed by atoms with Gasteiger partial charge in [0.1, 0.15) is 0 Å². The fourth-order valence-electron chi connectivity index (χ4n) is 2.19. The fraction of sp³-hybridized carbons (Fsp3) is 0.357. The summed E-state index contributed by atoms with van der Waals surface area (Å²) in [5.74, 6) is -0.220. The van der Waals surface area contributed by atoms with Crippen molar-refractivity contribution >= 4 is 27.1 Å². The van der Waals surface area contributed by atoms with E-state index in [-0.39, 0.29) is 16.3 Å². The van der Waals surface area contributed by atoms with Gasteiger partial charge in [-0.2, -0.15) is 5.10 Å². The van der Waals surface area contributed by atoms with Crippen molar-refractivity contribution < 1.29 is 8.42 Å². The molecule has 2 N–H and O–H groups in total. The van der Waals surface area contributed by atoms with Gasteiger partial charge in [-0.3, -0.25) is 4.68 Å². The number of hydrogen-bond donors (Lipinski definition) is 1. The summed E-state index contributed by atoms with van der Waals surface area (Å²) in [7, 11) is -1.88. The lowest BCUT2D eigenvalue weighted by molar-refractivity contribution is 0.592. The fourth-order valence-corrected chi connectivity index (χ4v) is 4.17. The van der Waals surface area contributed by atoms with Crippen molar-refractivity contribution in [2.45, 2.75) is 30.9 Å². The maximum absolute atomic E-state index is 12.6. The summed E-state index contributed by atoms with van der Waals surface area (Å²) in [5, 5.41) is 4.64. The van der Waals surface area contributed by atoms with Crippen molar-refractivity contribution in [3.8, 4) is 0 Å². The smallest absolute Gasteiger partial charge is 0.186 e. The van der Waals surface area contributed by atoms with E-state index in [2.05, 4.69) is 5.10 Å². The number of nitrogen functional groups attached to an aromatic ring is 1. The predicted molar refractivity (Wildman–Crippen MR) is 84.1 cm³/mol. The molecule has 21 heavy (non-hydrogen) atoms. The summed E-state index contributed by atoms with van der Waals surface area (Å²) in [6.07, 6.45) is 0.652. The quantitative estimate of drug-likeness (QED) is 0.875. The van der Waals surface area contributed by atoms with Crippen LogP contribution in [0.25, 0.3) is 0 Å². The summed E-state index contributed by atoms with van der Waals surface area (Å²) in [6.45, 7) is 3.78. The molecule has 0 atom stereocenters.